The normalized spacial score (nSPS) is 10.7. The first kappa shape index (κ1) is 23.5. The maximum atomic E-state index is 12.5. The van der Waals surface area contributed by atoms with Crippen molar-refractivity contribution >= 4 is 39.7 Å². The van der Waals surface area contributed by atoms with Crippen LogP contribution in [-0.2, 0) is 16.1 Å². The Bertz CT molecular complexity index is 1090. The number of amides is 1. The molecule has 0 aliphatic heterocycles. The van der Waals surface area contributed by atoms with Crippen LogP contribution in [0.4, 0.5) is 16.5 Å². The third kappa shape index (κ3) is 5.16. The molecule has 32 heavy (non-hydrogen) atoms. The molecule has 0 fully saturated rings. The molecule has 0 atom stereocenters. The molecule has 0 aliphatic carbocycles. The van der Waals surface area contributed by atoms with Gasteiger partial charge in [0, 0.05) is 31.1 Å². The average molecular weight is 452 g/mol. The zero-order valence-electron chi connectivity index (χ0n) is 19.2. The number of anilines is 3. The summed E-state index contributed by atoms with van der Waals surface area (Å²) in [6.45, 7) is 11.6. The SMILES string of the molecule is CCN(CC)c1ccc(C(=O)OCc2csc(N(C(C)=O)c3cccc(C)c3C)n2)cc1. The van der Waals surface area contributed by atoms with Crippen molar-refractivity contribution in [3.8, 4) is 0 Å². The minimum Gasteiger partial charge on any atom is -0.456 e. The third-order valence-electron chi connectivity index (χ3n) is 5.45. The lowest BCUT2D eigenvalue weighted by molar-refractivity contribution is -0.115. The summed E-state index contributed by atoms with van der Waals surface area (Å²) in [6.07, 6.45) is 0. The van der Waals surface area contributed by atoms with Gasteiger partial charge in [0.15, 0.2) is 5.13 Å². The lowest BCUT2D eigenvalue weighted by Crippen LogP contribution is -2.23. The molecule has 0 radical (unpaired) electrons. The number of hydrogen-bond donors (Lipinski definition) is 0. The molecule has 0 unspecified atom stereocenters. The van der Waals surface area contributed by atoms with E-state index in [1.807, 2.05) is 49.6 Å². The van der Waals surface area contributed by atoms with Crippen LogP contribution in [0.25, 0.3) is 0 Å². The van der Waals surface area contributed by atoms with Crippen LogP contribution < -0.4 is 9.80 Å². The number of benzene rings is 2. The molecule has 1 amide bonds. The van der Waals surface area contributed by atoms with E-state index in [1.54, 1.807) is 17.0 Å². The van der Waals surface area contributed by atoms with Crippen molar-refractivity contribution in [2.75, 3.05) is 22.9 Å². The average Bonchev–Trinajstić information content (AvgIpc) is 3.24. The van der Waals surface area contributed by atoms with E-state index in [2.05, 4.69) is 23.7 Å². The van der Waals surface area contributed by atoms with E-state index in [1.165, 1.54) is 18.3 Å². The minimum atomic E-state index is -0.399. The molecule has 1 heterocycles. The van der Waals surface area contributed by atoms with Gasteiger partial charge in [0.2, 0.25) is 5.91 Å². The van der Waals surface area contributed by atoms with Crippen molar-refractivity contribution in [3.05, 3.63) is 70.2 Å². The number of aromatic nitrogens is 1. The van der Waals surface area contributed by atoms with Crippen molar-refractivity contribution in [2.45, 2.75) is 41.2 Å². The number of rotatable bonds is 8. The monoisotopic (exact) mass is 451 g/mol. The molecule has 0 N–H and O–H groups in total. The highest BCUT2D eigenvalue weighted by atomic mass is 32.1. The molecular formula is C25H29N3O3S. The number of thiazole rings is 1. The van der Waals surface area contributed by atoms with E-state index < -0.39 is 5.97 Å². The molecule has 168 valence electrons. The van der Waals surface area contributed by atoms with Gasteiger partial charge in [-0.3, -0.25) is 9.69 Å². The third-order valence-corrected chi connectivity index (χ3v) is 6.32. The summed E-state index contributed by atoms with van der Waals surface area (Å²) in [5.74, 6) is -0.520. The van der Waals surface area contributed by atoms with Gasteiger partial charge >= 0.3 is 5.97 Å². The van der Waals surface area contributed by atoms with Crippen molar-refractivity contribution in [1.82, 2.24) is 4.98 Å². The zero-order valence-corrected chi connectivity index (χ0v) is 20.0. The Labute approximate surface area is 193 Å². The second-order valence-corrected chi connectivity index (χ2v) is 8.33. The largest absolute Gasteiger partial charge is 0.456 e. The maximum absolute atomic E-state index is 12.5. The molecule has 6 nitrogen and oxygen atoms in total. The summed E-state index contributed by atoms with van der Waals surface area (Å²) in [6, 6.07) is 13.3. The lowest BCUT2D eigenvalue weighted by Gasteiger charge is -2.21. The van der Waals surface area contributed by atoms with Crippen LogP contribution in [0.3, 0.4) is 0 Å². The Morgan fingerprint density at radius 1 is 1.03 bits per heavy atom. The fourth-order valence-corrected chi connectivity index (χ4v) is 4.33. The van der Waals surface area contributed by atoms with Gasteiger partial charge in [-0.2, -0.15) is 0 Å². The van der Waals surface area contributed by atoms with Gasteiger partial charge in [-0.15, -0.1) is 11.3 Å². The van der Waals surface area contributed by atoms with Gasteiger partial charge < -0.3 is 9.64 Å². The first-order chi connectivity index (χ1) is 15.3. The summed E-state index contributed by atoms with van der Waals surface area (Å²) in [5, 5.41) is 2.37. The Morgan fingerprint density at radius 2 is 1.72 bits per heavy atom. The van der Waals surface area contributed by atoms with E-state index >= 15 is 0 Å². The second kappa shape index (κ2) is 10.4. The van der Waals surface area contributed by atoms with Crippen LogP contribution in [0, 0.1) is 13.8 Å². The number of ether oxygens (including phenoxy) is 1. The Morgan fingerprint density at radius 3 is 2.34 bits per heavy atom. The molecule has 3 rings (SSSR count). The van der Waals surface area contributed by atoms with Crippen molar-refractivity contribution in [3.63, 3.8) is 0 Å². The maximum Gasteiger partial charge on any atom is 0.338 e. The molecule has 7 heteroatoms. The molecule has 3 aromatic rings. The molecule has 0 saturated carbocycles. The van der Waals surface area contributed by atoms with Gasteiger partial charge in [0.05, 0.1) is 16.9 Å². The molecule has 1 aromatic heterocycles. The van der Waals surface area contributed by atoms with Crippen LogP contribution in [0.1, 0.15) is 48.0 Å². The van der Waals surface area contributed by atoms with Crippen molar-refractivity contribution in [1.29, 1.82) is 0 Å². The predicted molar refractivity (Wildman–Crippen MR) is 130 cm³/mol. The number of aryl methyl sites for hydroxylation is 1. The van der Waals surface area contributed by atoms with Gasteiger partial charge in [-0.05, 0) is 69.2 Å². The Balaban J connectivity index is 1.70. The molecule has 0 saturated heterocycles. The van der Waals surface area contributed by atoms with Gasteiger partial charge in [-0.25, -0.2) is 9.78 Å². The first-order valence-electron chi connectivity index (χ1n) is 10.7. The number of carbonyl (C=O) groups is 2. The number of hydrogen-bond acceptors (Lipinski definition) is 6. The van der Waals surface area contributed by atoms with Gasteiger partial charge in [0.25, 0.3) is 0 Å². The molecular weight excluding hydrogens is 422 g/mol. The lowest BCUT2D eigenvalue weighted by atomic mass is 10.1. The second-order valence-electron chi connectivity index (χ2n) is 7.49. The Kier molecular flexibility index (Phi) is 7.64. The highest BCUT2D eigenvalue weighted by molar-refractivity contribution is 7.14. The smallest absolute Gasteiger partial charge is 0.338 e. The summed E-state index contributed by atoms with van der Waals surface area (Å²) >= 11 is 1.35. The van der Waals surface area contributed by atoms with E-state index in [-0.39, 0.29) is 12.5 Å². The topological polar surface area (TPSA) is 62.7 Å². The van der Waals surface area contributed by atoms with Crippen LogP contribution in [0.5, 0.6) is 0 Å². The van der Waals surface area contributed by atoms with Crippen LogP contribution in [0.2, 0.25) is 0 Å². The quantitative estimate of drug-likeness (QED) is 0.414. The molecule has 0 aliphatic rings. The summed E-state index contributed by atoms with van der Waals surface area (Å²) in [4.78, 5) is 33.2. The van der Waals surface area contributed by atoms with Crippen LogP contribution in [0.15, 0.2) is 47.8 Å². The molecule has 2 aromatic carbocycles. The highest BCUT2D eigenvalue weighted by Crippen LogP contribution is 2.32. The number of carbonyl (C=O) groups excluding carboxylic acids is 2. The van der Waals surface area contributed by atoms with E-state index in [9.17, 15) is 9.59 Å². The number of nitrogens with zero attached hydrogens (tertiary/aromatic N) is 3. The fraction of sp³-hybridized carbons (Fsp3) is 0.320. The van der Waals surface area contributed by atoms with Gasteiger partial charge in [0.1, 0.15) is 6.61 Å². The van der Waals surface area contributed by atoms with Crippen LogP contribution in [-0.4, -0.2) is 29.9 Å². The zero-order chi connectivity index (χ0) is 23.3. The number of esters is 1. The van der Waals surface area contributed by atoms with E-state index in [0.29, 0.717) is 16.4 Å². The fourth-order valence-electron chi connectivity index (χ4n) is 3.47. The van der Waals surface area contributed by atoms with E-state index in [4.69, 9.17) is 4.74 Å². The predicted octanol–water partition coefficient (Wildman–Crippen LogP) is 5.65. The summed E-state index contributed by atoms with van der Waals surface area (Å²) in [7, 11) is 0. The Hall–Kier alpha value is -3.19. The first-order valence-corrected chi connectivity index (χ1v) is 11.6. The summed E-state index contributed by atoms with van der Waals surface area (Å²) < 4.78 is 5.46. The minimum absolute atomic E-state index is 0.0473. The van der Waals surface area contributed by atoms with Crippen LogP contribution >= 0.6 is 11.3 Å². The highest BCUT2D eigenvalue weighted by Gasteiger charge is 2.20. The van der Waals surface area contributed by atoms with Crippen molar-refractivity contribution in [2.24, 2.45) is 0 Å². The molecule has 0 spiro atoms. The summed E-state index contributed by atoms with van der Waals surface area (Å²) in [5.41, 5.74) is 5.12. The standard InChI is InChI=1S/C25H29N3O3S/c1-6-27(7-2)22-13-11-20(12-14-22)24(30)31-15-21-16-32-25(26-21)28(19(5)29)23-10-8-9-17(3)18(23)4/h8-14,16H,6-7,15H2,1-5H3. The van der Waals surface area contributed by atoms with E-state index in [0.717, 1.165) is 35.6 Å². The van der Waals surface area contributed by atoms with Crippen molar-refractivity contribution < 1.29 is 14.3 Å². The van der Waals surface area contributed by atoms with Gasteiger partial charge in [-0.1, -0.05) is 12.1 Å². The molecule has 0 bridgehead atoms.